The molecule has 2 aromatic carbocycles. The van der Waals surface area contributed by atoms with Gasteiger partial charge in [0.15, 0.2) is 5.82 Å². The van der Waals surface area contributed by atoms with Crippen molar-refractivity contribution >= 4 is 17.4 Å². The zero-order valence-electron chi connectivity index (χ0n) is 21.5. The first-order chi connectivity index (χ1) is 17.2. The minimum absolute atomic E-state index is 0.0854. The molecular formula is C29H33N5O2. The molecule has 4 aromatic rings. The largest absolute Gasteiger partial charge is 0.437 e. The Kier molecular flexibility index (Phi) is 7.38. The lowest BCUT2D eigenvalue weighted by Gasteiger charge is -2.22. The van der Waals surface area contributed by atoms with E-state index in [1.54, 1.807) is 35.9 Å². The molecule has 36 heavy (non-hydrogen) atoms. The normalized spacial score (nSPS) is 11.2. The van der Waals surface area contributed by atoms with Gasteiger partial charge < -0.3 is 15.0 Å². The molecule has 0 bridgehead atoms. The van der Waals surface area contributed by atoms with E-state index in [0.29, 0.717) is 29.6 Å². The maximum absolute atomic E-state index is 12.9. The number of anilines is 2. The predicted molar refractivity (Wildman–Crippen MR) is 143 cm³/mol. The highest BCUT2D eigenvalue weighted by atomic mass is 16.5. The van der Waals surface area contributed by atoms with Gasteiger partial charge in [-0.1, -0.05) is 69.3 Å². The van der Waals surface area contributed by atoms with E-state index in [2.05, 4.69) is 49.3 Å². The number of rotatable bonds is 8. The number of carbonyl (C=O) groups excluding carboxylic acids is 1. The molecule has 4 rings (SSSR count). The minimum Gasteiger partial charge on any atom is -0.437 e. The molecule has 186 valence electrons. The summed E-state index contributed by atoms with van der Waals surface area (Å²) >= 11 is 0. The van der Waals surface area contributed by atoms with Crippen molar-refractivity contribution in [3.63, 3.8) is 0 Å². The fourth-order valence-electron chi connectivity index (χ4n) is 3.91. The molecule has 0 radical (unpaired) electrons. The molecule has 2 heterocycles. The van der Waals surface area contributed by atoms with Crippen molar-refractivity contribution in [1.29, 1.82) is 0 Å². The Morgan fingerprint density at radius 3 is 2.44 bits per heavy atom. The van der Waals surface area contributed by atoms with E-state index in [9.17, 15) is 4.79 Å². The summed E-state index contributed by atoms with van der Waals surface area (Å²) < 4.78 is 8.04. The minimum atomic E-state index is -0.106. The highest BCUT2D eigenvalue weighted by Crippen LogP contribution is 2.36. The summed E-state index contributed by atoms with van der Waals surface area (Å²) in [5.74, 6) is 1.64. The number of ether oxygens (including phenoxy) is 1. The number of hydrogen-bond donors (Lipinski definition) is 1. The Morgan fingerprint density at radius 1 is 1.00 bits per heavy atom. The number of hydrogen-bond acceptors (Lipinski definition) is 5. The smallest absolute Gasteiger partial charge is 0.271 e. The van der Waals surface area contributed by atoms with E-state index in [4.69, 9.17) is 9.84 Å². The van der Waals surface area contributed by atoms with Gasteiger partial charge in [0.25, 0.3) is 5.91 Å². The third-order valence-electron chi connectivity index (χ3n) is 5.80. The quantitative estimate of drug-likeness (QED) is 0.330. The van der Waals surface area contributed by atoms with Crippen LogP contribution in [-0.4, -0.2) is 39.7 Å². The van der Waals surface area contributed by atoms with Crippen LogP contribution in [0.25, 0.3) is 0 Å². The summed E-state index contributed by atoms with van der Waals surface area (Å²) in [4.78, 5) is 18.9. The number of aryl methyl sites for hydroxylation is 2. The monoisotopic (exact) mass is 483 g/mol. The molecule has 7 nitrogen and oxygen atoms in total. The molecule has 0 spiro atoms. The van der Waals surface area contributed by atoms with Gasteiger partial charge in [-0.25, -0.2) is 4.98 Å². The van der Waals surface area contributed by atoms with E-state index in [1.165, 1.54) is 5.56 Å². The first-order valence-electron chi connectivity index (χ1n) is 12.0. The molecule has 7 heteroatoms. The third-order valence-corrected chi connectivity index (χ3v) is 5.80. The Balaban J connectivity index is 1.61. The van der Waals surface area contributed by atoms with Gasteiger partial charge in [-0.05, 0) is 35.6 Å². The van der Waals surface area contributed by atoms with Crippen molar-refractivity contribution in [1.82, 2.24) is 19.7 Å². The van der Waals surface area contributed by atoms with E-state index < -0.39 is 0 Å². The SMILES string of the molecule is CN(C)C(=O)c1cc(Nc2cccnc2Oc2ccccc2C(C)(C)C)nn1CCc1ccccc1. The lowest BCUT2D eigenvalue weighted by Crippen LogP contribution is -2.25. The molecule has 0 fully saturated rings. The second kappa shape index (κ2) is 10.6. The molecule has 0 atom stereocenters. The summed E-state index contributed by atoms with van der Waals surface area (Å²) in [5, 5.41) is 8.02. The zero-order chi connectivity index (χ0) is 25.7. The maximum atomic E-state index is 12.9. The predicted octanol–water partition coefficient (Wildman–Crippen LogP) is 6.06. The van der Waals surface area contributed by atoms with Crippen LogP contribution < -0.4 is 10.1 Å². The van der Waals surface area contributed by atoms with Crippen LogP contribution in [0, 0.1) is 0 Å². The molecule has 1 amide bonds. The number of carbonyl (C=O) groups is 1. The fraction of sp³-hybridized carbons (Fsp3) is 0.276. The number of benzene rings is 2. The summed E-state index contributed by atoms with van der Waals surface area (Å²) in [6.45, 7) is 7.03. The van der Waals surface area contributed by atoms with Gasteiger partial charge in [0, 0.05) is 38.5 Å². The third kappa shape index (κ3) is 5.92. The van der Waals surface area contributed by atoms with Crippen molar-refractivity contribution in [2.75, 3.05) is 19.4 Å². The van der Waals surface area contributed by atoms with Gasteiger partial charge in [0.2, 0.25) is 5.88 Å². The van der Waals surface area contributed by atoms with Crippen LogP contribution in [0.4, 0.5) is 11.5 Å². The van der Waals surface area contributed by atoms with E-state index in [1.807, 2.05) is 48.5 Å². The number of nitrogens with one attached hydrogen (secondary N) is 1. The molecule has 0 aliphatic heterocycles. The van der Waals surface area contributed by atoms with Gasteiger partial charge in [0.1, 0.15) is 17.1 Å². The van der Waals surface area contributed by atoms with Gasteiger partial charge in [-0.3, -0.25) is 9.48 Å². The fourth-order valence-corrected chi connectivity index (χ4v) is 3.91. The summed E-state index contributed by atoms with van der Waals surface area (Å²) in [7, 11) is 3.48. The number of nitrogens with zero attached hydrogens (tertiary/aromatic N) is 4. The van der Waals surface area contributed by atoms with Crippen LogP contribution >= 0.6 is 0 Å². The first kappa shape index (κ1) is 25.0. The molecule has 2 aromatic heterocycles. The molecule has 0 saturated heterocycles. The highest BCUT2D eigenvalue weighted by molar-refractivity contribution is 5.93. The molecule has 0 saturated carbocycles. The molecule has 0 aliphatic rings. The van der Waals surface area contributed by atoms with E-state index in [-0.39, 0.29) is 11.3 Å². The van der Waals surface area contributed by atoms with E-state index in [0.717, 1.165) is 17.7 Å². The second-order valence-electron chi connectivity index (χ2n) is 9.90. The van der Waals surface area contributed by atoms with Crippen molar-refractivity contribution < 1.29 is 9.53 Å². The van der Waals surface area contributed by atoms with Gasteiger partial charge in [-0.15, -0.1) is 0 Å². The molecule has 0 aliphatic carbocycles. The van der Waals surface area contributed by atoms with Crippen LogP contribution in [0.5, 0.6) is 11.6 Å². The maximum Gasteiger partial charge on any atom is 0.271 e. The van der Waals surface area contributed by atoms with Crippen molar-refractivity contribution in [2.24, 2.45) is 0 Å². The van der Waals surface area contributed by atoms with Gasteiger partial charge in [0.05, 0.1) is 0 Å². The number of aromatic nitrogens is 3. The Labute approximate surface area is 212 Å². The number of amides is 1. The van der Waals surface area contributed by atoms with Crippen LogP contribution in [-0.2, 0) is 18.4 Å². The summed E-state index contributed by atoms with van der Waals surface area (Å²) in [5.41, 5.74) is 3.37. The lowest BCUT2D eigenvalue weighted by atomic mass is 9.86. The average molecular weight is 484 g/mol. The van der Waals surface area contributed by atoms with Crippen molar-refractivity contribution in [3.8, 4) is 11.6 Å². The first-order valence-corrected chi connectivity index (χ1v) is 12.0. The van der Waals surface area contributed by atoms with Crippen LogP contribution in [0.1, 0.15) is 42.4 Å². The summed E-state index contributed by atoms with van der Waals surface area (Å²) in [6.07, 6.45) is 2.46. The van der Waals surface area contributed by atoms with Gasteiger partial charge >= 0.3 is 0 Å². The average Bonchev–Trinajstić information content (AvgIpc) is 3.26. The molecule has 0 unspecified atom stereocenters. The van der Waals surface area contributed by atoms with Crippen LogP contribution in [0.15, 0.2) is 79.0 Å². The van der Waals surface area contributed by atoms with E-state index >= 15 is 0 Å². The van der Waals surface area contributed by atoms with Crippen molar-refractivity contribution in [2.45, 2.75) is 39.2 Å². The second-order valence-corrected chi connectivity index (χ2v) is 9.90. The lowest BCUT2D eigenvalue weighted by molar-refractivity contribution is 0.0815. The van der Waals surface area contributed by atoms with Crippen LogP contribution in [0.3, 0.4) is 0 Å². The standard InChI is InChI=1S/C29H33N5O2/c1-29(2,3)22-14-9-10-16-25(22)36-27-23(15-11-18-30-27)31-26-20-24(28(35)33(4)5)34(32-26)19-17-21-12-7-6-8-13-21/h6-16,18,20H,17,19H2,1-5H3,(H,31,32). The Bertz CT molecular complexity index is 1320. The molecule has 1 N–H and O–H groups in total. The Hall–Kier alpha value is -4.13. The van der Waals surface area contributed by atoms with Crippen molar-refractivity contribution in [3.05, 3.63) is 95.8 Å². The topological polar surface area (TPSA) is 72.3 Å². The number of pyridine rings is 1. The highest BCUT2D eigenvalue weighted by Gasteiger charge is 2.21. The van der Waals surface area contributed by atoms with Crippen LogP contribution in [0.2, 0.25) is 0 Å². The summed E-state index contributed by atoms with van der Waals surface area (Å²) in [6, 6.07) is 23.6. The zero-order valence-corrected chi connectivity index (χ0v) is 21.5. The Morgan fingerprint density at radius 2 is 1.72 bits per heavy atom. The molecular weight excluding hydrogens is 450 g/mol. The van der Waals surface area contributed by atoms with Gasteiger partial charge in [-0.2, -0.15) is 5.10 Å². The number of para-hydroxylation sites is 1.